The fourth-order valence-electron chi connectivity index (χ4n) is 6.96. The van der Waals surface area contributed by atoms with Crippen molar-refractivity contribution in [1.82, 2.24) is 14.7 Å². The maximum atomic E-state index is 12.8. The molecule has 3 atom stereocenters. The molecule has 0 radical (unpaired) electrons. The van der Waals surface area contributed by atoms with Crippen LogP contribution in [-0.2, 0) is 57.2 Å². The predicted octanol–water partition coefficient (Wildman–Crippen LogP) is 10.2. The third-order valence-electron chi connectivity index (χ3n) is 11.4. The lowest BCUT2D eigenvalue weighted by Gasteiger charge is -2.26. The molecule has 0 spiro atoms. The molecule has 430 valence electrons. The second-order valence-electron chi connectivity index (χ2n) is 18.7. The average molecular weight is 1100 g/mol. The van der Waals surface area contributed by atoms with E-state index in [0.717, 1.165) is 56.0 Å². The Bertz CT molecular complexity index is 1310. The van der Waals surface area contributed by atoms with Gasteiger partial charge in [0.05, 0.1) is 37.0 Å². The second kappa shape index (κ2) is 53.2. The number of hydrogen-bond acceptors (Lipinski definition) is 18. The van der Waals surface area contributed by atoms with Crippen molar-refractivity contribution in [3.63, 3.8) is 0 Å². The van der Waals surface area contributed by atoms with Gasteiger partial charge in [0.2, 0.25) is 0 Å². The lowest BCUT2D eigenvalue weighted by Crippen LogP contribution is -2.35. The van der Waals surface area contributed by atoms with Gasteiger partial charge in [0.1, 0.15) is 39.6 Å². The quantitative estimate of drug-likeness (QED) is 0.0320. The maximum Gasteiger partial charge on any atom is 0.309 e. The molecule has 0 saturated heterocycles. The van der Waals surface area contributed by atoms with Crippen molar-refractivity contribution in [2.75, 3.05) is 134 Å². The lowest BCUT2D eigenvalue weighted by atomic mass is 10.2. The Morgan fingerprint density at radius 2 is 0.644 bits per heavy atom. The number of ether oxygens (including phenoxy) is 6. The minimum Gasteiger partial charge on any atom is -0.462 e. The van der Waals surface area contributed by atoms with Gasteiger partial charge >= 0.3 is 35.8 Å². The van der Waals surface area contributed by atoms with Crippen LogP contribution in [0.15, 0.2) is 0 Å². The predicted molar refractivity (Wildman–Crippen MR) is 304 cm³/mol. The summed E-state index contributed by atoms with van der Waals surface area (Å²) in [7, 11) is 4.04. The smallest absolute Gasteiger partial charge is 0.309 e. The Morgan fingerprint density at radius 1 is 0.370 bits per heavy atom. The van der Waals surface area contributed by atoms with Crippen molar-refractivity contribution < 1.29 is 57.2 Å². The van der Waals surface area contributed by atoms with E-state index >= 15 is 0 Å². The van der Waals surface area contributed by atoms with E-state index in [-0.39, 0.29) is 101 Å². The SMILES string of the molecule is CC.CCCCCCSCC(C)C(=O)OCCOC(=O)CCN(CCCN(C)C)CCCN(CCC(=O)OCCOC(=O)C(C)CSCCCCCC)CCC(=O)OCCOC(=O)C(C)CSCCCCCC. The lowest BCUT2D eigenvalue weighted by molar-refractivity contribution is -0.154. The molecule has 0 fully saturated rings. The first-order chi connectivity index (χ1) is 35.2. The summed E-state index contributed by atoms with van der Waals surface area (Å²) in [4.78, 5) is 82.1. The van der Waals surface area contributed by atoms with Gasteiger partial charge in [-0.2, -0.15) is 35.3 Å². The topological polar surface area (TPSA) is 168 Å². The number of carbonyl (C=O) groups excluding carboxylic acids is 6. The van der Waals surface area contributed by atoms with Gasteiger partial charge in [-0.3, -0.25) is 28.8 Å². The number of rotatable bonds is 50. The highest BCUT2D eigenvalue weighted by molar-refractivity contribution is 7.99. The van der Waals surface area contributed by atoms with Crippen LogP contribution in [0.1, 0.15) is 165 Å². The van der Waals surface area contributed by atoms with E-state index in [9.17, 15) is 28.8 Å². The summed E-state index contributed by atoms with van der Waals surface area (Å²) in [5.74, 6) is 2.36. The molecule has 15 nitrogen and oxygen atoms in total. The Labute approximate surface area is 457 Å². The summed E-state index contributed by atoms with van der Waals surface area (Å²) in [6.07, 6.45) is 16.2. The van der Waals surface area contributed by atoms with E-state index in [1.165, 1.54) is 57.8 Å². The standard InChI is InChI=1S/C53H99N3O12S3.C2H6/c1-9-12-15-18-39-69-42-45(4)51(60)66-36-33-63-48(57)23-30-55(27-21-26-54(7)8)28-22-29-56(31-24-49(58)64-34-37-67-52(61)46(5)43-70-40-19-16-13-10-2)32-25-50(59)65-35-38-68-53(62)47(6)44-71-41-20-17-14-11-3;1-2/h45-47H,9-44H2,1-8H3;1-2H3. The van der Waals surface area contributed by atoms with E-state index in [0.29, 0.717) is 56.4 Å². The third-order valence-corrected chi connectivity index (χ3v) is 15.4. The summed E-state index contributed by atoms with van der Waals surface area (Å²) in [6.45, 7) is 20.1. The average Bonchev–Trinajstić information content (AvgIpc) is 3.38. The van der Waals surface area contributed by atoms with Gasteiger partial charge < -0.3 is 43.1 Å². The first-order valence-electron chi connectivity index (χ1n) is 28.0. The zero-order valence-corrected chi connectivity index (χ0v) is 50.1. The molecule has 73 heavy (non-hydrogen) atoms. The molecular weight excluding hydrogens is 991 g/mol. The zero-order chi connectivity index (χ0) is 54.7. The number of thioether (sulfide) groups is 3. The zero-order valence-electron chi connectivity index (χ0n) is 47.7. The molecular formula is C55H105N3O12S3. The molecule has 3 unspecified atom stereocenters. The van der Waals surface area contributed by atoms with Crippen molar-refractivity contribution in [2.45, 2.75) is 165 Å². The number of esters is 6. The normalized spacial score (nSPS) is 12.5. The van der Waals surface area contributed by atoms with Crippen molar-refractivity contribution in [3.8, 4) is 0 Å². The molecule has 0 saturated carbocycles. The molecule has 0 aliphatic heterocycles. The molecule has 0 N–H and O–H groups in total. The molecule has 18 heteroatoms. The van der Waals surface area contributed by atoms with Gasteiger partial charge in [-0.15, -0.1) is 0 Å². The molecule has 0 aliphatic rings. The van der Waals surface area contributed by atoms with E-state index in [2.05, 4.69) is 30.6 Å². The fraction of sp³-hybridized carbons (Fsp3) is 0.891. The number of hydrogen-bond donors (Lipinski definition) is 0. The van der Waals surface area contributed by atoms with Gasteiger partial charge in [0.15, 0.2) is 0 Å². The monoisotopic (exact) mass is 1100 g/mol. The maximum absolute atomic E-state index is 12.8. The second-order valence-corrected chi connectivity index (χ2v) is 22.2. The van der Waals surface area contributed by atoms with Gasteiger partial charge in [0, 0.05) is 36.9 Å². The van der Waals surface area contributed by atoms with Crippen molar-refractivity contribution in [1.29, 1.82) is 0 Å². The molecule has 0 aromatic carbocycles. The van der Waals surface area contributed by atoms with E-state index in [4.69, 9.17) is 28.4 Å². The van der Waals surface area contributed by atoms with Crippen LogP contribution in [0.4, 0.5) is 0 Å². The van der Waals surface area contributed by atoms with Crippen molar-refractivity contribution >= 4 is 71.1 Å². The van der Waals surface area contributed by atoms with E-state index < -0.39 is 11.9 Å². The molecule has 0 aromatic rings. The Kier molecular flexibility index (Phi) is 53.0. The van der Waals surface area contributed by atoms with E-state index in [1.807, 2.05) is 53.6 Å². The molecule has 0 aliphatic carbocycles. The van der Waals surface area contributed by atoms with Crippen LogP contribution in [-0.4, -0.2) is 185 Å². The van der Waals surface area contributed by atoms with Crippen molar-refractivity contribution in [2.24, 2.45) is 17.8 Å². The van der Waals surface area contributed by atoms with Crippen LogP contribution >= 0.6 is 35.3 Å². The first-order valence-corrected chi connectivity index (χ1v) is 31.5. The number of unbranched alkanes of at least 4 members (excludes halogenated alkanes) is 9. The highest BCUT2D eigenvalue weighted by Crippen LogP contribution is 2.16. The van der Waals surface area contributed by atoms with Crippen LogP contribution in [0, 0.1) is 17.8 Å². The van der Waals surface area contributed by atoms with Crippen LogP contribution in [0.5, 0.6) is 0 Å². The molecule has 0 heterocycles. The van der Waals surface area contributed by atoms with Gasteiger partial charge in [0.25, 0.3) is 0 Å². The van der Waals surface area contributed by atoms with Gasteiger partial charge in [-0.05, 0) is 89.6 Å². The van der Waals surface area contributed by atoms with Gasteiger partial charge in [-0.1, -0.05) is 113 Å². The van der Waals surface area contributed by atoms with E-state index in [1.54, 1.807) is 35.3 Å². The summed E-state index contributed by atoms with van der Waals surface area (Å²) in [5, 5.41) is 0. The highest BCUT2D eigenvalue weighted by atomic mass is 32.2. The Hall–Kier alpha value is -2.25. The van der Waals surface area contributed by atoms with Crippen LogP contribution in [0.2, 0.25) is 0 Å². The molecule has 0 bridgehead atoms. The number of carbonyl (C=O) groups is 6. The van der Waals surface area contributed by atoms with Crippen LogP contribution in [0.3, 0.4) is 0 Å². The Balaban J connectivity index is 0. The fourth-order valence-corrected chi connectivity index (χ4v) is 10.2. The molecule has 0 rings (SSSR count). The first kappa shape index (κ1) is 72.8. The Morgan fingerprint density at radius 3 is 0.932 bits per heavy atom. The largest absolute Gasteiger partial charge is 0.462 e. The summed E-state index contributed by atoms with van der Waals surface area (Å²) in [6, 6.07) is 0. The third kappa shape index (κ3) is 47.9. The minimum atomic E-state index is -0.435. The number of nitrogens with zero attached hydrogens (tertiary/aromatic N) is 3. The summed E-state index contributed by atoms with van der Waals surface area (Å²) < 4.78 is 32.4. The molecule has 0 aromatic heterocycles. The minimum absolute atomic E-state index is 0.00765. The highest BCUT2D eigenvalue weighted by Gasteiger charge is 2.19. The summed E-state index contributed by atoms with van der Waals surface area (Å²) >= 11 is 5.28. The molecule has 0 amide bonds. The van der Waals surface area contributed by atoms with Crippen LogP contribution in [0.25, 0.3) is 0 Å². The van der Waals surface area contributed by atoms with Gasteiger partial charge in [-0.25, -0.2) is 0 Å². The summed E-state index contributed by atoms with van der Waals surface area (Å²) in [5.41, 5.74) is 0. The van der Waals surface area contributed by atoms with Crippen LogP contribution < -0.4 is 0 Å². The van der Waals surface area contributed by atoms with Crippen molar-refractivity contribution in [3.05, 3.63) is 0 Å².